The summed E-state index contributed by atoms with van der Waals surface area (Å²) in [5.41, 5.74) is 7.20. The van der Waals surface area contributed by atoms with E-state index < -0.39 is 0 Å². The number of rotatable bonds is 2. The Morgan fingerprint density at radius 1 is 1.06 bits per heavy atom. The van der Waals surface area contributed by atoms with Gasteiger partial charge in [0.15, 0.2) is 0 Å². The summed E-state index contributed by atoms with van der Waals surface area (Å²) < 4.78 is 0. The van der Waals surface area contributed by atoms with Crippen molar-refractivity contribution < 1.29 is 0 Å². The smallest absolute Gasteiger partial charge is 0.0702 e. The highest BCUT2D eigenvalue weighted by Gasteiger charge is 2.04. The summed E-state index contributed by atoms with van der Waals surface area (Å²) >= 11 is 5.76. The standard InChI is InChI=1S/C15H16ClN/c1-10-6-14(7-11(2)12(10)3)15-5-4-13(8-16)9-17-15/h4-7,9H,8H2,1-3H3. The first-order chi connectivity index (χ1) is 8.11. The first-order valence-corrected chi connectivity index (χ1v) is 6.24. The molecule has 0 saturated heterocycles. The van der Waals surface area contributed by atoms with Crippen molar-refractivity contribution in [2.75, 3.05) is 0 Å². The van der Waals surface area contributed by atoms with Gasteiger partial charge in [-0.15, -0.1) is 11.6 Å². The topological polar surface area (TPSA) is 12.9 Å². The van der Waals surface area contributed by atoms with Crippen LogP contribution in [0.15, 0.2) is 30.5 Å². The molecule has 1 aromatic heterocycles. The van der Waals surface area contributed by atoms with Crippen LogP contribution < -0.4 is 0 Å². The Labute approximate surface area is 107 Å². The zero-order valence-electron chi connectivity index (χ0n) is 10.4. The van der Waals surface area contributed by atoms with Crippen molar-refractivity contribution >= 4 is 11.6 Å². The van der Waals surface area contributed by atoms with Gasteiger partial charge in [0.05, 0.1) is 5.69 Å². The predicted molar refractivity (Wildman–Crippen MR) is 73.4 cm³/mol. The average molecular weight is 246 g/mol. The van der Waals surface area contributed by atoms with Crippen molar-refractivity contribution in [3.63, 3.8) is 0 Å². The van der Waals surface area contributed by atoms with Crippen LogP contribution in [0.4, 0.5) is 0 Å². The van der Waals surface area contributed by atoms with Crippen LogP contribution in [0, 0.1) is 20.8 Å². The first-order valence-electron chi connectivity index (χ1n) is 5.71. The summed E-state index contributed by atoms with van der Waals surface area (Å²) in [5.74, 6) is 0.513. The maximum absolute atomic E-state index is 5.76. The second-order valence-electron chi connectivity index (χ2n) is 4.42. The van der Waals surface area contributed by atoms with Crippen LogP contribution in [0.3, 0.4) is 0 Å². The normalized spacial score (nSPS) is 10.6. The number of benzene rings is 1. The Bertz CT molecular complexity index is 506. The quantitative estimate of drug-likeness (QED) is 0.714. The van der Waals surface area contributed by atoms with Crippen LogP contribution in [-0.4, -0.2) is 4.98 Å². The average Bonchev–Trinajstić information content (AvgIpc) is 2.35. The highest BCUT2D eigenvalue weighted by Crippen LogP contribution is 2.23. The van der Waals surface area contributed by atoms with E-state index >= 15 is 0 Å². The maximum Gasteiger partial charge on any atom is 0.0702 e. The summed E-state index contributed by atoms with van der Waals surface area (Å²) in [6.45, 7) is 6.43. The van der Waals surface area contributed by atoms with Crippen molar-refractivity contribution in [2.24, 2.45) is 0 Å². The Morgan fingerprint density at radius 3 is 2.18 bits per heavy atom. The molecule has 88 valence electrons. The molecule has 0 aliphatic rings. The van der Waals surface area contributed by atoms with E-state index in [2.05, 4.69) is 37.9 Å². The van der Waals surface area contributed by atoms with E-state index in [1.54, 1.807) is 0 Å². The fraction of sp³-hybridized carbons (Fsp3) is 0.267. The molecule has 0 unspecified atom stereocenters. The second-order valence-corrected chi connectivity index (χ2v) is 4.69. The molecule has 1 nitrogen and oxygen atoms in total. The lowest BCUT2D eigenvalue weighted by Crippen LogP contribution is -1.91. The summed E-state index contributed by atoms with van der Waals surface area (Å²) in [5, 5.41) is 0. The minimum Gasteiger partial charge on any atom is -0.256 e. The minimum absolute atomic E-state index is 0.513. The third-order valence-electron chi connectivity index (χ3n) is 3.20. The highest BCUT2D eigenvalue weighted by atomic mass is 35.5. The molecule has 17 heavy (non-hydrogen) atoms. The summed E-state index contributed by atoms with van der Waals surface area (Å²) in [6, 6.07) is 8.43. The van der Waals surface area contributed by atoms with Crippen LogP contribution in [0.5, 0.6) is 0 Å². The molecule has 0 spiro atoms. The third-order valence-corrected chi connectivity index (χ3v) is 3.51. The van der Waals surface area contributed by atoms with Gasteiger partial charge in [-0.1, -0.05) is 6.07 Å². The summed E-state index contributed by atoms with van der Waals surface area (Å²) in [4.78, 5) is 4.45. The van der Waals surface area contributed by atoms with Crippen LogP contribution in [0.25, 0.3) is 11.3 Å². The molecule has 2 rings (SSSR count). The van der Waals surface area contributed by atoms with Crippen LogP contribution in [0.1, 0.15) is 22.3 Å². The van der Waals surface area contributed by atoms with Gasteiger partial charge in [0, 0.05) is 17.6 Å². The van der Waals surface area contributed by atoms with Crippen molar-refractivity contribution in [2.45, 2.75) is 26.7 Å². The largest absolute Gasteiger partial charge is 0.256 e. The van der Waals surface area contributed by atoms with Gasteiger partial charge < -0.3 is 0 Å². The molecule has 0 fully saturated rings. The highest BCUT2D eigenvalue weighted by molar-refractivity contribution is 6.17. The molecule has 0 bridgehead atoms. The van der Waals surface area contributed by atoms with E-state index in [1.165, 1.54) is 22.3 Å². The van der Waals surface area contributed by atoms with Crippen LogP contribution in [0.2, 0.25) is 0 Å². The molecule has 1 aromatic carbocycles. The number of aromatic nitrogens is 1. The van der Waals surface area contributed by atoms with Gasteiger partial charge in [-0.2, -0.15) is 0 Å². The molecule has 1 heterocycles. The molecule has 0 amide bonds. The van der Waals surface area contributed by atoms with Crippen LogP contribution >= 0.6 is 11.6 Å². The number of hydrogen-bond donors (Lipinski definition) is 0. The molecule has 0 aliphatic heterocycles. The van der Waals surface area contributed by atoms with Crippen molar-refractivity contribution in [1.82, 2.24) is 4.98 Å². The van der Waals surface area contributed by atoms with E-state index in [0.717, 1.165) is 11.3 Å². The molecule has 2 heteroatoms. The van der Waals surface area contributed by atoms with Crippen molar-refractivity contribution in [3.05, 3.63) is 52.7 Å². The lowest BCUT2D eigenvalue weighted by molar-refractivity contribution is 1.22. The maximum atomic E-state index is 5.76. The Balaban J connectivity index is 2.45. The van der Waals surface area contributed by atoms with E-state index in [-0.39, 0.29) is 0 Å². The zero-order valence-corrected chi connectivity index (χ0v) is 11.2. The van der Waals surface area contributed by atoms with Gasteiger partial charge in [0.1, 0.15) is 0 Å². The van der Waals surface area contributed by atoms with Gasteiger partial charge in [-0.05, 0) is 61.2 Å². The molecule has 0 radical (unpaired) electrons. The van der Waals surface area contributed by atoms with E-state index in [1.807, 2.05) is 18.3 Å². The number of aryl methyl sites for hydroxylation is 2. The lowest BCUT2D eigenvalue weighted by atomic mass is 9.99. The van der Waals surface area contributed by atoms with Gasteiger partial charge in [0.2, 0.25) is 0 Å². The molecule has 0 saturated carbocycles. The van der Waals surface area contributed by atoms with Crippen LogP contribution in [-0.2, 0) is 5.88 Å². The van der Waals surface area contributed by atoms with Crippen molar-refractivity contribution in [1.29, 1.82) is 0 Å². The minimum atomic E-state index is 0.513. The lowest BCUT2D eigenvalue weighted by Gasteiger charge is -2.09. The SMILES string of the molecule is Cc1cc(-c2ccc(CCl)cn2)cc(C)c1C. The first kappa shape index (κ1) is 12.1. The summed E-state index contributed by atoms with van der Waals surface area (Å²) in [7, 11) is 0. The molecule has 2 aromatic rings. The Kier molecular flexibility index (Phi) is 3.49. The number of halogens is 1. The molecular weight excluding hydrogens is 230 g/mol. The second kappa shape index (κ2) is 4.89. The Hall–Kier alpha value is -1.34. The summed E-state index contributed by atoms with van der Waals surface area (Å²) in [6.07, 6.45) is 1.84. The van der Waals surface area contributed by atoms with Gasteiger partial charge >= 0.3 is 0 Å². The molecule has 0 aliphatic carbocycles. The monoisotopic (exact) mass is 245 g/mol. The number of pyridine rings is 1. The zero-order chi connectivity index (χ0) is 12.4. The van der Waals surface area contributed by atoms with E-state index in [9.17, 15) is 0 Å². The Morgan fingerprint density at radius 2 is 1.71 bits per heavy atom. The van der Waals surface area contributed by atoms with Crippen molar-refractivity contribution in [3.8, 4) is 11.3 Å². The predicted octanol–water partition coefficient (Wildman–Crippen LogP) is 4.41. The molecule has 0 N–H and O–H groups in total. The fourth-order valence-corrected chi connectivity index (χ4v) is 2.02. The number of alkyl halides is 1. The van der Waals surface area contributed by atoms with Gasteiger partial charge in [0.25, 0.3) is 0 Å². The number of hydrogen-bond acceptors (Lipinski definition) is 1. The molecular formula is C15H16ClN. The molecule has 0 atom stereocenters. The van der Waals surface area contributed by atoms with E-state index in [4.69, 9.17) is 11.6 Å². The van der Waals surface area contributed by atoms with Gasteiger partial charge in [-0.3, -0.25) is 4.98 Å². The number of nitrogens with zero attached hydrogens (tertiary/aromatic N) is 1. The van der Waals surface area contributed by atoms with Gasteiger partial charge in [-0.25, -0.2) is 0 Å². The third kappa shape index (κ3) is 2.50. The fourth-order valence-electron chi connectivity index (χ4n) is 1.86. The van der Waals surface area contributed by atoms with E-state index in [0.29, 0.717) is 5.88 Å².